The third-order valence-corrected chi connectivity index (χ3v) is 1.76. The zero-order valence-electron chi connectivity index (χ0n) is 8.82. The van der Waals surface area contributed by atoms with E-state index in [1.807, 2.05) is 13.8 Å². The van der Waals surface area contributed by atoms with Crippen LogP contribution in [0.2, 0.25) is 0 Å². The van der Waals surface area contributed by atoms with Gasteiger partial charge in [-0.2, -0.15) is 9.97 Å². The fourth-order valence-electron chi connectivity index (χ4n) is 1.02. The molecule has 0 aliphatic rings. The number of aromatic nitrogens is 3. The maximum absolute atomic E-state index is 5.57. The van der Waals surface area contributed by atoms with Gasteiger partial charge in [0.15, 0.2) is 0 Å². The highest BCUT2D eigenvalue weighted by Crippen LogP contribution is 2.09. The van der Waals surface area contributed by atoms with E-state index < -0.39 is 0 Å². The number of anilines is 1. The highest BCUT2D eigenvalue weighted by molar-refractivity contribution is 5.17. The third-order valence-electron chi connectivity index (χ3n) is 1.76. The Morgan fingerprint density at radius 1 is 1.29 bits per heavy atom. The maximum atomic E-state index is 5.57. The smallest absolute Gasteiger partial charge is 0.223 e. The monoisotopic (exact) mass is 196 g/mol. The summed E-state index contributed by atoms with van der Waals surface area (Å²) in [5, 5.41) is 0. The van der Waals surface area contributed by atoms with Crippen molar-refractivity contribution in [2.24, 2.45) is 0 Å². The Morgan fingerprint density at radius 2 is 2.00 bits per heavy atom. The molecule has 0 radical (unpaired) electrons. The first kappa shape index (κ1) is 10.8. The van der Waals surface area contributed by atoms with Gasteiger partial charge in [0.2, 0.25) is 5.95 Å². The molecule has 1 rings (SSSR count). The lowest BCUT2D eigenvalue weighted by Gasteiger charge is -2.06. The Kier molecular flexibility index (Phi) is 3.76. The number of nitrogens with zero attached hydrogens (tertiary/aromatic N) is 3. The van der Waals surface area contributed by atoms with Crippen LogP contribution in [0.4, 0.5) is 5.95 Å². The molecule has 78 valence electrons. The molecule has 1 aromatic heterocycles. The quantitative estimate of drug-likeness (QED) is 0.769. The summed E-state index contributed by atoms with van der Waals surface area (Å²) in [5.74, 6) is 1.99. The summed E-state index contributed by atoms with van der Waals surface area (Å²) in [7, 11) is 1.65. The van der Waals surface area contributed by atoms with Gasteiger partial charge in [-0.3, -0.25) is 0 Å². The summed E-state index contributed by atoms with van der Waals surface area (Å²) in [6, 6.07) is 0. The lowest BCUT2D eigenvalue weighted by molar-refractivity contribution is 0.200. The van der Waals surface area contributed by atoms with Gasteiger partial charge in [0.25, 0.3) is 0 Å². The van der Waals surface area contributed by atoms with Crippen LogP contribution < -0.4 is 5.73 Å². The van der Waals surface area contributed by atoms with Crippen LogP contribution in [-0.2, 0) is 11.2 Å². The third kappa shape index (κ3) is 2.92. The Labute approximate surface area is 83.7 Å². The van der Waals surface area contributed by atoms with Gasteiger partial charge >= 0.3 is 0 Å². The first-order valence-electron chi connectivity index (χ1n) is 4.62. The Bertz CT molecular complexity index is 301. The van der Waals surface area contributed by atoms with E-state index in [9.17, 15) is 0 Å². The molecular formula is C9H16N4O. The van der Waals surface area contributed by atoms with E-state index in [2.05, 4.69) is 15.0 Å². The average Bonchev–Trinajstić information content (AvgIpc) is 2.14. The molecule has 0 aliphatic heterocycles. The second-order valence-electron chi connectivity index (χ2n) is 3.37. The number of methoxy groups -OCH3 is 1. The summed E-state index contributed by atoms with van der Waals surface area (Å²) in [4.78, 5) is 12.4. The van der Waals surface area contributed by atoms with Gasteiger partial charge in [-0.05, 0) is 0 Å². The van der Waals surface area contributed by atoms with Gasteiger partial charge in [0, 0.05) is 19.4 Å². The van der Waals surface area contributed by atoms with E-state index >= 15 is 0 Å². The van der Waals surface area contributed by atoms with Crippen molar-refractivity contribution in [2.75, 3.05) is 19.5 Å². The number of ether oxygens (including phenoxy) is 1. The Hall–Kier alpha value is -1.23. The van der Waals surface area contributed by atoms with Gasteiger partial charge in [0.05, 0.1) is 6.61 Å². The second kappa shape index (κ2) is 4.85. The van der Waals surface area contributed by atoms with Crippen molar-refractivity contribution < 1.29 is 4.74 Å². The predicted octanol–water partition coefficient (Wildman–Crippen LogP) is 0.766. The molecule has 2 N–H and O–H groups in total. The molecule has 0 saturated heterocycles. The highest BCUT2D eigenvalue weighted by atomic mass is 16.5. The van der Waals surface area contributed by atoms with Crippen molar-refractivity contribution in [2.45, 2.75) is 26.2 Å². The normalized spacial score (nSPS) is 10.9. The van der Waals surface area contributed by atoms with E-state index in [1.165, 1.54) is 0 Å². The highest BCUT2D eigenvalue weighted by Gasteiger charge is 2.07. The minimum Gasteiger partial charge on any atom is -0.384 e. The van der Waals surface area contributed by atoms with Crippen LogP contribution in [0.15, 0.2) is 0 Å². The first-order chi connectivity index (χ1) is 6.63. The van der Waals surface area contributed by atoms with Crippen LogP contribution in [0, 0.1) is 0 Å². The van der Waals surface area contributed by atoms with Crippen LogP contribution in [0.1, 0.15) is 31.4 Å². The van der Waals surface area contributed by atoms with E-state index in [0.29, 0.717) is 18.9 Å². The van der Waals surface area contributed by atoms with Gasteiger partial charge in [0.1, 0.15) is 11.6 Å². The van der Waals surface area contributed by atoms with E-state index in [1.54, 1.807) is 7.11 Å². The van der Waals surface area contributed by atoms with Crippen LogP contribution in [0.5, 0.6) is 0 Å². The molecule has 5 heteroatoms. The molecule has 1 heterocycles. The number of hydrogen-bond donors (Lipinski definition) is 1. The number of hydrogen-bond acceptors (Lipinski definition) is 5. The lowest BCUT2D eigenvalue weighted by atomic mass is 10.2. The molecule has 0 aliphatic carbocycles. The zero-order chi connectivity index (χ0) is 10.6. The summed E-state index contributed by atoms with van der Waals surface area (Å²) < 4.78 is 4.94. The van der Waals surface area contributed by atoms with Crippen molar-refractivity contribution in [1.82, 2.24) is 15.0 Å². The Balaban J connectivity index is 2.84. The van der Waals surface area contributed by atoms with Gasteiger partial charge < -0.3 is 10.5 Å². The molecule has 0 saturated carbocycles. The summed E-state index contributed by atoms with van der Waals surface area (Å²) in [5.41, 5.74) is 5.57. The fraction of sp³-hybridized carbons (Fsp3) is 0.667. The summed E-state index contributed by atoms with van der Waals surface area (Å²) >= 11 is 0. The van der Waals surface area contributed by atoms with Gasteiger partial charge in [-0.15, -0.1) is 0 Å². The Morgan fingerprint density at radius 3 is 2.57 bits per heavy atom. The molecule has 0 spiro atoms. The molecular weight excluding hydrogens is 180 g/mol. The minimum absolute atomic E-state index is 0.265. The number of rotatable bonds is 4. The minimum atomic E-state index is 0.265. The van der Waals surface area contributed by atoms with Crippen LogP contribution >= 0.6 is 0 Å². The van der Waals surface area contributed by atoms with Crippen molar-refractivity contribution in [3.05, 3.63) is 11.6 Å². The van der Waals surface area contributed by atoms with E-state index in [-0.39, 0.29) is 11.9 Å². The van der Waals surface area contributed by atoms with Gasteiger partial charge in [-0.25, -0.2) is 4.98 Å². The van der Waals surface area contributed by atoms with Gasteiger partial charge in [-0.1, -0.05) is 13.8 Å². The van der Waals surface area contributed by atoms with E-state index in [0.717, 1.165) is 5.82 Å². The van der Waals surface area contributed by atoms with Crippen molar-refractivity contribution in [1.29, 1.82) is 0 Å². The second-order valence-corrected chi connectivity index (χ2v) is 3.37. The van der Waals surface area contributed by atoms with Crippen LogP contribution in [-0.4, -0.2) is 28.7 Å². The molecule has 0 bridgehead atoms. The predicted molar refractivity (Wildman–Crippen MR) is 53.9 cm³/mol. The molecule has 0 aromatic carbocycles. The molecule has 5 nitrogen and oxygen atoms in total. The average molecular weight is 196 g/mol. The first-order valence-corrected chi connectivity index (χ1v) is 4.62. The van der Waals surface area contributed by atoms with Crippen molar-refractivity contribution >= 4 is 5.95 Å². The standard InChI is InChI=1S/C9H16N4O/c1-6(2)8-11-7(4-5-14-3)12-9(10)13-8/h6H,4-5H2,1-3H3,(H2,10,11,12,13). The molecule has 0 atom stereocenters. The number of nitrogens with two attached hydrogens (primary N) is 1. The number of nitrogen functional groups attached to an aromatic ring is 1. The molecule has 1 aromatic rings. The molecule has 0 unspecified atom stereocenters. The molecule has 14 heavy (non-hydrogen) atoms. The summed E-state index contributed by atoms with van der Waals surface area (Å²) in [6.45, 7) is 4.64. The molecule has 0 amide bonds. The largest absolute Gasteiger partial charge is 0.384 e. The van der Waals surface area contributed by atoms with Crippen molar-refractivity contribution in [3.63, 3.8) is 0 Å². The zero-order valence-corrected chi connectivity index (χ0v) is 8.82. The fourth-order valence-corrected chi connectivity index (χ4v) is 1.02. The lowest BCUT2D eigenvalue weighted by Crippen LogP contribution is -2.10. The van der Waals surface area contributed by atoms with E-state index in [4.69, 9.17) is 10.5 Å². The topological polar surface area (TPSA) is 73.9 Å². The van der Waals surface area contributed by atoms with Crippen molar-refractivity contribution in [3.8, 4) is 0 Å². The van der Waals surface area contributed by atoms with Crippen LogP contribution in [0.25, 0.3) is 0 Å². The van der Waals surface area contributed by atoms with Crippen LogP contribution in [0.3, 0.4) is 0 Å². The maximum Gasteiger partial charge on any atom is 0.223 e. The summed E-state index contributed by atoms with van der Waals surface area (Å²) in [6.07, 6.45) is 0.670. The SMILES string of the molecule is COCCc1nc(N)nc(C(C)C)n1. The molecule has 0 fully saturated rings.